The van der Waals surface area contributed by atoms with Crippen molar-refractivity contribution in [2.75, 3.05) is 7.05 Å². The van der Waals surface area contributed by atoms with Crippen molar-refractivity contribution in [2.45, 2.75) is 12.8 Å². The number of carboxylic acid groups (broad SMARTS) is 1. The number of hydrogen-bond acceptors (Lipinski definition) is 2. The van der Waals surface area contributed by atoms with Gasteiger partial charge in [0.1, 0.15) is 0 Å². The fourth-order valence-electron chi connectivity index (χ4n) is 0.820. The van der Waals surface area contributed by atoms with Crippen LogP contribution in [0.2, 0.25) is 0 Å². The summed E-state index contributed by atoms with van der Waals surface area (Å²) in [5.74, 6) is -1.48. The third-order valence-electron chi connectivity index (χ3n) is 1.54. The highest BCUT2D eigenvalue weighted by molar-refractivity contribution is 5.80. The Morgan fingerprint density at radius 3 is 2.58 bits per heavy atom. The molecule has 0 rings (SSSR count). The summed E-state index contributed by atoms with van der Waals surface area (Å²) in [7, 11) is 1.51. The second kappa shape index (κ2) is 5.35. The van der Waals surface area contributed by atoms with Crippen molar-refractivity contribution in [3.8, 4) is 0 Å². The molecule has 0 spiro atoms. The molecule has 4 heteroatoms. The lowest BCUT2D eigenvalue weighted by molar-refractivity contribution is -0.137. The van der Waals surface area contributed by atoms with Gasteiger partial charge in [0, 0.05) is 13.5 Å². The van der Waals surface area contributed by atoms with Gasteiger partial charge in [0.15, 0.2) is 0 Å². The Kier molecular flexibility index (Phi) is 4.76. The van der Waals surface area contributed by atoms with Crippen LogP contribution in [0.25, 0.3) is 0 Å². The summed E-state index contributed by atoms with van der Waals surface area (Å²) in [6.07, 6.45) is 1.75. The van der Waals surface area contributed by atoms with Crippen molar-refractivity contribution in [3.63, 3.8) is 0 Å². The van der Waals surface area contributed by atoms with Crippen LogP contribution in [0.15, 0.2) is 12.7 Å². The Labute approximate surface area is 71.3 Å². The average molecular weight is 171 g/mol. The highest BCUT2D eigenvalue weighted by atomic mass is 16.4. The van der Waals surface area contributed by atoms with Gasteiger partial charge in [0.25, 0.3) is 0 Å². The number of nitrogens with one attached hydrogen (secondary N) is 1. The zero-order valence-electron chi connectivity index (χ0n) is 7.04. The summed E-state index contributed by atoms with van der Waals surface area (Å²) >= 11 is 0. The molecule has 0 bridgehead atoms. The first-order valence-electron chi connectivity index (χ1n) is 3.67. The molecule has 0 aromatic heterocycles. The normalized spacial score (nSPS) is 11.8. The third-order valence-corrected chi connectivity index (χ3v) is 1.54. The molecule has 4 nitrogen and oxygen atoms in total. The zero-order valence-corrected chi connectivity index (χ0v) is 7.04. The van der Waals surface area contributed by atoms with Crippen molar-refractivity contribution in [1.82, 2.24) is 5.32 Å². The van der Waals surface area contributed by atoms with Gasteiger partial charge in [0.2, 0.25) is 5.91 Å². The summed E-state index contributed by atoms with van der Waals surface area (Å²) in [6, 6.07) is 0. The van der Waals surface area contributed by atoms with Crippen molar-refractivity contribution >= 4 is 11.9 Å². The fourth-order valence-corrected chi connectivity index (χ4v) is 0.820. The molecule has 0 aromatic rings. The van der Waals surface area contributed by atoms with E-state index >= 15 is 0 Å². The lowest BCUT2D eigenvalue weighted by atomic mass is 10.0. The predicted molar refractivity (Wildman–Crippen MR) is 44.6 cm³/mol. The monoisotopic (exact) mass is 171 g/mol. The molecule has 0 saturated heterocycles. The molecule has 68 valence electrons. The molecule has 1 amide bonds. The van der Waals surface area contributed by atoms with E-state index in [1.165, 1.54) is 13.1 Å². The van der Waals surface area contributed by atoms with E-state index in [0.717, 1.165) is 0 Å². The van der Waals surface area contributed by atoms with Crippen LogP contribution in [0, 0.1) is 5.92 Å². The number of amides is 1. The van der Waals surface area contributed by atoms with Crippen molar-refractivity contribution in [2.24, 2.45) is 5.92 Å². The van der Waals surface area contributed by atoms with Crippen LogP contribution >= 0.6 is 0 Å². The molecule has 0 fully saturated rings. The lowest BCUT2D eigenvalue weighted by Crippen LogP contribution is -2.26. The third kappa shape index (κ3) is 3.75. The number of rotatable bonds is 5. The van der Waals surface area contributed by atoms with Crippen LogP contribution in [0.5, 0.6) is 0 Å². The number of hydrogen-bond donors (Lipinski definition) is 2. The zero-order chi connectivity index (χ0) is 9.56. The maximum Gasteiger partial charge on any atom is 0.303 e. The van der Waals surface area contributed by atoms with E-state index in [-0.39, 0.29) is 12.3 Å². The number of carbonyl (C=O) groups excluding carboxylic acids is 1. The van der Waals surface area contributed by atoms with E-state index in [1.54, 1.807) is 0 Å². The van der Waals surface area contributed by atoms with Gasteiger partial charge in [-0.2, -0.15) is 0 Å². The largest absolute Gasteiger partial charge is 0.481 e. The first kappa shape index (κ1) is 10.7. The minimum absolute atomic E-state index is 0.00981. The highest BCUT2D eigenvalue weighted by Crippen LogP contribution is 2.07. The van der Waals surface area contributed by atoms with Crippen LogP contribution in [0.3, 0.4) is 0 Å². The van der Waals surface area contributed by atoms with Crippen LogP contribution in [-0.2, 0) is 9.59 Å². The summed E-state index contributed by atoms with van der Waals surface area (Å²) in [5, 5.41) is 10.8. The van der Waals surface area contributed by atoms with E-state index in [2.05, 4.69) is 11.9 Å². The van der Waals surface area contributed by atoms with Gasteiger partial charge < -0.3 is 10.4 Å². The Bertz CT molecular complexity index is 189. The van der Waals surface area contributed by atoms with Crippen molar-refractivity contribution in [3.05, 3.63) is 12.7 Å². The maximum absolute atomic E-state index is 11.0. The molecule has 0 aliphatic rings. The van der Waals surface area contributed by atoms with E-state index in [1.807, 2.05) is 0 Å². The molecule has 0 aromatic carbocycles. The Morgan fingerprint density at radius 2 is 2.25 bits per heavy atom. The van der Waals surface area contributed by atoms with Gasteiger partial charge in [-0.15, -0.1) is 6.58 Å². The second-order valence-electron chi connectivity index (χ2n) is 2.39. The predicted octanol–water partition coefficient (Wildman–Crippen LogP) is 0.399. The van der Waals surface area contributed by atoms with Gasteiger partial charge in [-0.25, -0.2) is 0 Å². The second-order valence-corrected chi connectivity index (χ2v) is 2.39. The van der Waals surface area contributed by atoms with Gasteiger partial charge in [0.05, 0.1) is 5.92 Å². The van der Waals surface area contributed by atoms with E-state index in [9.17, 15) is 9.59 Å². The molecule has 0 aliphatic heterocycles. The Balaban J connectivity index is 3.91. The van der Waals surface area contributed by atoms with Gasteiger partial charge in [-0.1, -0.05) is 6.08 Å². The molecular weight excluding hydrogens is 158 g/mol. The summed E-state index contributed by atoms with van der Waals surface area (Å²) < 4.78 is 0. The minimum atomic E-state index is -0.897. The maximum atomic E-state index is 11.0. The van der Waals surface area contributed by atoms with E-state index in [4.69, 9.17) is 5.11 Å². The molecular formula is C8H13NO3. The number of aliphatic carboxylic acids is 1. The topological polar surface area (TPSA) is 66.4 Å². The van der Waals surface area contributed by atoms with Crippen LogP contribution in [-0.4, -0.2) is 24.0 Å². The quantitative estimate of drug-likeness (QED) is 0.588. The van der Waals surface area contributed by atoms with Gasteiger partial charge in [-0.3, -0.25) is 9.59 Å². The molecule has 0 saturated carbocycles. The lowest BCUT2D eigenvalue weighted by Gasteiger charge is -2.08. The molecule has 0 heterocycles. The SMILES string of the molecule is C=CC(CCC(=O)O)C(=O)NC. The molecule has 0 radical (unpaired) electrons. The highest BCUT2D eigenvalue weighted by Gasteiger charge is 2.13. The number of carboxylic acids is 1. The molecule has 0 aliphatic carbocycles. The molecule has 1 atom stereocenters. The summed E-state index contributed by atoms with van der Waals surface area (Å²) in [4.78, 5) is 21.1. The van der Waals surface area contributed by atoms with Crippen LogP contribution in [0.1, 0.15) is 12.8 Å². The first-order valence-corrected chi connectivity index (χ1v) is 3.67. The fraction of sp³-hybridized carbons (Fsp3) is 0.500. The molecule has 1 unspecified atom stereocenters. The molecule has 12 heavy (non-hydrogen) atoms. The van der Waals surface area contributed by atoms with E-state index in [0.29, 0.717) is 6.42 Å². The first-order chi connectivity index (χ1) is 5.61. The van der Waals surface area contributed by atoms with Gasteiger partial charge >= 0.3 is 5.97 Å². The van der Waals surface area contributed by atoms with Crippen molar-refractivity contribution < 1.29 is 14.7 Å². The number of carbonyl (C=O) groups is 2. The van der Waals surface area contributed by atoms with E-state index < -0.39 is 11.9 Å². The molecule has 2 N–H and O–H groups in total. The standard InChI is InChI=1S/C8H13NO3/c1-3-6(8(12)9-2)4-5-7(10)11/h3,6H,1,4-5H2,2H3,(H,9,12)(H,10,11). The van der Waals surface area contributed by atoms with Crippen LogP contribution < -0.4 is 5.32 Å². The minimum Gasteiger partial charge on any atom is -0.481 e. The summed E-state index contributed by atoms with van der Waals surface area (Å²) in [6.45, 7) is 3.45. The van der Waals surface area contributed by atoms with Crippen LogP contribution in [0.4, 0.5) is 0 Å². The Morgan fingerprint density at radius 1 is 1.67 bits per heavy atom. The summed E-state index contributed by atoms with van der Waals surface area (Å²) in [5.41, 5.74) is 0. The van der Waals surface area contributed by atoms with Gasteiger partial charge in [-0.05, 0) is 6.42 Å². The smallest absolute Gasteiger partial charge is 0.303 e. The van der Waals surface area contributed by atoms with Crippen molar-refractivity contribution in [1.29, 1.82) is 0 Å². The average Bonchev–Trinajstić information content (AvgIpc) is 2.04. The Hall–Kier alpha value is -1.32.